The first-order valence-corrected chi connectivity index (χ1v) is 11.8. The highest BCUT2D eigenvalue weighted by atomic mass is 35.5. The number of hydrogen-bond donors (Lipinski definition) is 0. The molecule has 5 heterocycles. The normalized spacial score (nSPS) is 16.5. The van der Waals surface area contributed by atoms with E-state index in [1.54, 1.807) is 29.7 Å². The number of thioether (sulfide) groups is 1. The molecule has 0 radical (unpaired) electrons. The number of ether oxygens (including phenoxy) is 1. The fraction of sp³-hybridized carbons (Fsp3) is 0.300. The molecule has 0 aromatic carbocycles. The quantitative estimate of drug-likeness (QED) is 0.403. The zero-order valence-corrected chi connectivity index (χ0v) is 18.3. The van der Waals surface area contributed by atoms with Gasteiger partial charge in [-0.05, 0) is 36.4 Å². The van der Waals surface area contributed by atoms with Crippen molar-refractivity contribution < 1.29 is 4.74 Å². The molecule has 1 atom stereocenters. The van der Waals surface area contributed by atoms with Gasteiger partial charge in [-0.25, -0.2) is 4.98 Å². The summed E-state index contributed by atoms with van der Waals surface area (Å²) in [6, 6.07) is 9.07. The Kier molecular flexibility index (Phi) is 5.60. The van der Waals surface area contributed by atoms with Gasteiger partial charge in [-0.15, -0.1) is 21.5 Å². The SMILES string of the molecule is O=c1cc(CSc2nnc(-c3cccs3)n2CC2CCCO2)nc2ccc(Cl)cn12. The molecule has 1 fully saturated rings. The summed E-state index contributed by atoms with van der Waals surface area (Å²) in [7, 11) is 0. The highest BCUT2D eigenvalue weighted by Gasteiger charge is 2.22. The monoisotopic (exact) mass is 459 g/mol. The van der Waals surface area contributed by atoms with Crippen LogP contribution in [0, 0.1) is 0 Å². The summed E-state index contributed by atoms with van der Waals surface area (Å²) in [6.07, 6.45) is 3.87. The first-order valence-electron chi connectivity index (χ1n) is 9.57. The predicted octanol–water partition coefficient (Wildman–Crippen LogP) is 4.14. The van der Waals surface area contributed by atoms with Crippen LogP contribution in [0.15, 0.2) is 51.9 Å². The van der Waals surface area contributed by atoms with E-state index in [1.165, 1.54) is 22.2 Å². The molecule has 0 spiro atoms. The molecular weight excluding hydrogens is 442 g/mol. The first kappa shape index (κ1) is 19.7. The molecule has 0 aliphatic carbocycles. The van der Waals surface area contributed by atoms with E-state index in [1.807, 2.05) is 17.5 Å². The molecule has 154 valence electrons. The number of aromatic nitrogens is 5. The van der Waals surface area contributed by atoms with Crippen molar-refractivity contribution in [3.8, 4) is 10.7 Å². The van der Waals surface area contributed by atoms with Gasteiger partial charge in [-0.2, -0.15) is 0 Å². The Morgan fingerprint density at radius 2 is 2.23 bits per heavy atom. The summed E-state index contributed by atoms with van der Waals surface area (Å²) in [5.74, 6) is 1.37. The lowest BCUT2D eigenvalue weighted by molar-refractivity contribution is 0.0953. The van der Waals surface area contributed by atoms with Crippen molar-refractivity contribution >= 4 is 40.3 Å². The van der Waals surface area contributed by atoms with E-state index in [0.29, 0.717) is 22.1 Å². The number of fused-ring (bicyclic) bond motifs is 1. The maximum Gasteiger partial charge on any atom is 0.258 e. The van der Waals surface area contributed by atoms with Crippen molar-refractivity contribution in [3.05, 3.63) is 63.0 Å². The van der Waals surface area contributed by atoms with Crippen LogP contribution in [-0.2, 0) is 17.0 Å². The minimum absolute atomic E-state index is 0.154. The van der Waals surface area contributed by atoms with E-state index in [0.717, 1.165) is 41.9 Å². The van der Waals surface area contributed by atoms with Crippen molar-refractivity contribution in [2.45, 2.75) is 36.4 Å². The number of thiophene rings is 1. The van der Waals surface area contributed by atoms with Crippen molar-refractivity contribution in [2.75, 3.05) is 6.61 Å². The molecule has 1 unspecified atom stereocenters. The van der Waals surface area contributed by atoms with Crippen molar-refractivity contribution in [1.29, 1.82) is 0 Å². The van der Waals surface area contributed by atoms with Crippen LogP contribution in [0.4, 0.5) is 0 Å². The number of hydrogen-bond acceptors (Lipinski definition) is 7. The van der Waals surface area contributed by atoms with Gasteiger partial charge in [0.2, 0.25) is 0 Å². The standard InChI is InChI=1S/C20H18ClN5O2S2/c21-13-5-6-17-22-14(9-18(27)25(17)10-13)12-30-20-24-23-19(16-4-2-8-29-16)26(20)11-15-3-1-7-28-15/h2,4-6,8-10,15H,1,3,7,11-12H2. The molecule has 0 amide bonds. The Morgan fingerprint density at radius 1 is 1.30 bits per heavy atom. The van der Waals surface area contributed by atoms with Crippen LogP contribution in [0.1, 0.15) is 18.5 Å². The summed E-state index contributed by atoms with van der Waals surface area (Å²) >= 11 is 9.15. The molecule has 10 heteroatoms. The molecule has 30 heavy (non-hydrogen) atoms. The highest BCUT2D eigenvalue weighted by Crippen LogP contribution is 2.30. The van der Waals surface area contributed by atoms with Crippen LogP contribution in [0.2, 0.25) is 5.02 Å². The van der Waals surface area contributed by atoms with Crippen LogP contribution < -0.4 is 5.56 Å². The maximum atomic E-state index is 12.4. The molecule has 5 rings (SSSR count). The summed E-state index contributed by atoms with van der Waals surface area (Å²) in [5.41, 5.74) is 1.11. The first-order chi connectivity index (χ1) is 14.7. The Balaban J connectivity index is 1.42. The second-order valence-corrected chi connectivity index (χ2v) is 9.31. The highest BCUT2D eigenvalue weighted by molar-refractivity contribution is 7.98. The number of rotatable bonds is 6. The fourth-order valence-electron chi connectivity index (χ4n) is 3.48. The average molecular weight is 460 g/mol. The van der Waals surface area contributed by atoms with Crippen molar-refractivity contribution in [1.82, 2.24) is 24.1 Å². The molecule has 1 aliphatic heterocycles. The zero-order chi connectivity index (χ0) is 20.5. The second kappa shape index (κ2) is 8.50. The van der Waals surface area contributed by atoms with Gasteiger partial charge < -0.3 is 4.74 Å². The van der Waals surface area contributed by atoms with Gasteiger partial charge >= 0.3 is 0 Å². The molecule has 4 aromatic heterocycles. The third-order valence-electron chi connectivity index (χ3n) is 4.89. The number of nitrogens with zero attached hydrogens (tertiary/aromatic N) is 5. The smallest absolute Gasteiger partial charge is 0.258 e. The Hall–Kier alpha value is -2.20. The van der Waals surface area contributed by atoms with Crippen molar-refractivity contribution in [3.63, 3.8) is 0 Å². The molecule has 4 aromatic rings. The molecule has 0 N–H and O–H groups in total. The maximum absolute atomic E-state index is 12.4. The summed E-state index contributed by atoms with van der Waals surface area (Å²) in [6.45, 7) is 1.52. The molecular formula is C20H18ClN5O2S2. The number of halogens is 1. The van der Waals surface area contributed by atoms with Gasteiger partial charge in [-0.3, -0.25) is 13.8 Å². The minimum Gasteiger partial charge on any atom is -0.376 e. The van der Waals surface area contributed by atoms with Gasteiger partial charge in [0.05, 0.1) is 28.2 Å². The van der Waals surface area contributed by atoms with Gasteiger partial charge in [0, 0.05) is 24.6 Å². The minimum atomic E-state index is -0.154. The Morgan fingerprint density at radius 3 is 3.03 bits per heavy atom. The average Bonchev–Trinajstić information content (AvgIpc) is 3.50. The van der Waals surface area contributed by atoms with Crippen LogP contribution in [-0.4, -0.2) is 36.9 Å². The van der Waals surface area contributed by atoms with E-state index in [4.69, 9.17) is 16.3 Å². The Labute approximate surface area is 185 Å². The van der Waals surface area contributed by atoms with Crippen LogP contribution in [0.25, 0.3) is 16.3 Å². The summed E-state index contributed by atoms with van der Waals surface area (Å²) in [4.78, 5) is 18.1. The summed E-state index contributed by atoms with van der Waals surface area (Å²) in [5, 5.41) is 12.2. The lowest BCUT2D eigenvalue weighted by atomic mass is 10.2. The molecule has 0 bridgehead atoms. The van der Waals surface area contributed by atoms with Crippen LogP contribution in [0.3, 0.4) is 0 Å². The van der Waals surface area contributed by atoms with Crippen LogP contribution in [0.5, 0.6) is 0 Å². The van der Waals surface area contributed by atoms with E-state index < -0.39 is 0 Å². The topological polar surface area (TPSA) is 74.3 Å². The molecule has 1 aliphatic rings. The molecule has 1 saturated heterocycles. The van der Waals surface area contributed by atoms with E-state index in [2.05, 4.69) is 19.7 Å². The van der Waals surface area contributed by atoms with Gasteiger partial charge in [0.15, 0.2) is 11.0 Å². The third-order valence-corrected chi connectivity index (χ3v) is 6.98. The predicted molar refractivity (Wildman–Crippen MR) is 118 cm³/mol. The van der Waals surface area contributed by atoms with Gasteiger partial charge in [0.1, 0.15) is 5.65 Å². The fourth-order valence-corrected chi connectivity index (χ4v) is 5.20. The van der Waals surface area contributed by atoms with Gasteiger partial charge in [0.25, 0.3) is 5.56 Å². The Bertz CT molecular complexity index is 1230. The number of pyridine rings is 1. The molecule has 0 saturated carbocycles. The second-order valence-electron chi connectivity index (χ2n) is 6.98. The van der Waals surface area contributed by atoms with Gasteiger partial charge in [-0.1, -0.05) is 29.4 Å². The molecule has 7 nitrogen and oxygen atoms in total. The summed E-state index contributed by atoms with van der Waals surface area (Å²) < 4.78 is 9.42. The van der Waals surface area contributed by atoms with E-state index >= 15 is 0 Å². The zero-order valence-electron chi connectivity index (χ0n) is 15.9. The van der Waals surface area contributed by atoms with E-state index in [9.17, 15) is 4.79 Å². The van der Waals surface area contributed by atoms with Crippen molar-refractivity contribution in [2.24, 2.45) is 0 Å². The largest absolute Gasteiger partial charge is 0.376 e. The van der Waals surface area contributed by atoms with Crippen LogP contribution >= 0.6 is 34.7 Å². The third kappa shape index (κ3) is 4.02. The lowest BCUT2D eigenvalue weighted by Crippen LogP contribution is -2.17. The van der Waals surface area contributed by atoms with E-state index in [-0.39, 0.29) is 11.7 Å². The lowest BCUT2D eigenvalue weighted by Gasteiger charge is -2.14.